The Morgan fingerprint density at radius 1 is 0.911 bits per heavy atom. The van der Waals surface area contributed by atoms with Gasteiger partial charge in [0.25, 0.3) is 0 Å². The maximum Gasteiger partial charge on any atom is 0.416 e. The first-order valence-electron chi connectivity index (χ1n) is 15.2. The first kappa shape index (κ1) is 32.2. The summed E-state index contributed by atoms with van der Waals surface area (Å²) in [7, 11) is 0. The molecule has 1 aliphatic carbocycles. The lowest BCUT2D eigenvalue weighted by atomic mass is 9.91. The Hall–Kier alpha value is -4.24. The molecule has 1 aromatic heterocycles. The quantitative estimate of drug-likeness (QED) is 0.129. The minimum atomic E-state index is -4.33. The van der Waals surface area contributed by atoms with Crippen molar-refractivity contribution in [1.29, 1.82) is 0 Å². The van der Waals surface area contributed by atoms with Crippen LogP contribution in [0.2, 0.25) is 0 Å². The predicted octanol–water partition coefficient (Wildman–Crippen LogP) is 7.99. The van der Waals surface area contributed by atoms with Gasteiger partial charge in [0.1, 0.15) is 23.9 Å². The summed E-state index contributed by atoms with van der Waals surface area (Å²) in [5.74, 6) is -0.121. The van der Waals surface area contributed by atoms with E-state index in [1.165, 1.54) is 24.3 Å². The van der Waals surface area contributed by atoms with Crippen molar-refractivity contribution < 1.29 is 31.8 Å². The molecule has 9 heteroatoms. The van der Waals surface area contributed by atoms with Crippen LogP contribution in [0.1, 0.15) is 75.4 Å². The smallest absolute Gasteiger partial charge is 0.416 e. The van der Waals surface area contributed by atoms with Gasteiger partial charge in [-0.1, -0.05) is 42.5 Å². The van der Waals surface area contributed by atoms with Gasteiger partial charge in [0.15, 0.2) is 0 Å². The highest BCUT2D eigenvalue weighted by atomic mass is 19.4. The molecule has 5 rings (SSSR count). The number of nitrogens with zero attached hydrogens (tertiary/aromatic N) is 1. The molecule has 45 heavy (non-hydrogen) atoms. The summed E-state index contributed by atoms with van der Waals surface area (Å²) in [5, 5.41) is 3.58. The molecule has 3 aromatic carbocycles. The van der Waals surface area contributed by atoms with Gasteiger partial charge in [0, 0.05) is 11.7 Å². The summed E-state index contributed by atoms with van der Waals surface area (Å²) >= 11 is 0. The average Bonchev–Trinajstić information content (AvgIpc) is 3.03. The molecule has 0 radical (unpaired) electrons. The van der Waals surface area contributed by atoms with Crippen molar-refractivity contribution in [3.8, 4) is 5.75 Å². The fourth-order valence-electron chi connectivity index (χ4n) is 5.57. The Bertz CT molecular complexity index is 1590. The van der Waals surface area contributed by atoms with Gasteiger partial charge < -0.3 is 14.8 Å². The number of halogens is 4. The summed E-state index contributed by atoms with van der Waals surface area (Å²) in [6, 6.07) is 21.5. The summed E-state index contributed by atoms with van der Waals surface area (Å²) in [6.45, 7) is 2.99. The number of carbonyl (C=O) groups is 1. The molecule has 0 aliphatic heterocycles. The molecule has 1 unspecified atom stereocenters. The number of benzene rings is 3. The Morgan fingerprint density at radius 3 is 2.29 bits per heavy atom. The van der Waals surface area contributed by atoms with Gasteiger partial charge >= 0.3 is 12.1 Å². The highest BCUT2D eigenvalue weighted by molar-refractivity contribution is 5.87. The fraction of sp³-hybridized carbons (Fsp3) is 0.333. The van der Waals surface area contributed by atoms with E-state index in [0.717, 1.165) is 64.9 Å². The van der Waals surface area contributed by atoms with Crippen molar-refractivity contribution in [3.63, 3.8) is 0 Å². The van der Waals surface area contributed by atoms with Crippen LogP contribution in [0.15, 0.2) is 78.9 Å². The molecule has 0 bridgehead atoms. The van der Waals surface area contributed by atoms with Gasteiger partial charge in [0.2, 0.25) is 0 Å². The topological polar surface area (TPSA) is 60.5 Å². The lowest BCUT2D eigenvalue weighted by molar-refractivity contribution is -0.137. The number of hydrogen-bond acceptors (Lipinski definition) is 5. The molecule has 1 aliphatic rings. The van der Waals surface area contributed by atoms with E-state index in [9.17, 15) is 22.4 Å². The lowest BCUT2D eigenvalue weighted by Crippen LogP contribution is -2.28. The summed E-state index contributed by atoms with van der Waals surface area (Å²) in [4.78, 5) is 16.6. The second-order valence-corrected chi connectivity index (χ2v) is 11.2. The average molecular weight is 621 g/mol. The number of ether oxygens (including phenoxy) is 2. The molecule has 1 heterocycles. The molecule has 236 valence electrons. The minimum absolute atomic E-state index is 0.0909. The third-order valence-electron chi connectivity index (χ3n) is 7.98. The molecule has 4 aromatic rings. The zero-order valence-corrected chi connectivity index (χ0v) is 25.1. The van der Waals surface area contributed by atoms with Gasteiger partial charge in [0.05, 0.1) is 12.2 Å². The number of alkyl halides is 3. The maximum absolute atomic E-state index is 14.2. The van der Waals surface area contributed by atoms with Crippen molar-refractivity contribution >= 4 is 5.97 Å². The third-order valence-corrected chi connectivity index (χ3v) is 7.98. The van der Waals surface area contributed by atoms with Crippen LogP contribution in [0.5, 0.6) is 5.75 Å². The van der Waals surface area contributed by atoms with Crippen molar-refractivity contribution in [2.24, 2.45) is 0 Å². The maximum atomic E-state index is 14.2. The number of aryl methyl sites for hydroxylation is 3. The van der Waals surface area contributed by atoms with Crippen molar-refractivity contribution in [2.45, 2.75) is 64.3 Å². The Labute approximate surface area is 260 Å². The lowest BCUT2D eigenvalue weighted by Gasteiger charge is -2.26. The van der Waals surface area contributed by atoms with Crippen LogP contribution in [-0.2, 0) is 43.2 Å². The number of aromatic nitrogens is 1. The van der Waals surface area contributed by atoms with E-state index in [4.69, 9.17) is 9.47 Å². The number of carbonyl (C=O) groups excluding carboxylic acids is 1. The zero-order valence-electron chi connectivity index (χ0n) is 25.1. The monoisotopic (exact) mass is 620 g/mol. The molecule has 5 nitrogen and oxygen atoms in total. The Kier molecular flexibility index (Phi) is 10.5. The number of fused-ring (bicyclic) bond motifs is 1. The van der Waals surface area contributed by atoms with Crippen LogP contribution in [-0.4, -0.2) is 24.1 Å². The molecular formula is C36H36F4N2O3. The van der Waals surface area contributed by atoms with E-state index in [-0.39, 0.29) is 11.9 Å². The van der Waals surface area contributed by atoms with Crippen LogP contribution in [0.25, 0.3) is 0 Å². The highest BCUT2D eigenvalue weighted by Crippen LogP contribution is 2.30. The largest absolute Gasteiger partial charge is 0.489 e. The number of esters is 1. The molecule has 1 N–H and O–H groups in total. The van der Waals surface area contributed by atoms with Crippen molar-refractivity contribution in [3.05, 3.63) is 129 Å². The standard InChI is InChI=1S/C36H36F4N2O3/c1-2-44-35(43)33-18-17-30-31(4-3-5-32(30)42-33)41-21-20-27-22-29(37)16-19-34(27)45-23-26-10-8-24(9-11-26)6-7-25-12-14-28(15-13-25)36(38,39)40/h8-19,22,31,41H,2-7,20-21,23H2,1H3. The molecule has 0 saturated heterocycles. The summed E-state index contributed by atoms with van der Waals surface area (Å²) < 4.78 is 63.7. The van der Waals surface area contributed by atoms with E-state index in [1.54, 1.807) is 19.1 Å². The number of pyridine rings is 1. The highest BCUT2D eigenvalue weighted by Gasteiger charge is 2.30. The summed E-state index contributed by atoms with van der Waals surface area (Å²) in [6.07, 6.45) is 0.279. The van der Waals surface area contributed by atoms with E-state index < -0.39 is 17.7 Å². The Balaban J connectivity index is 1.13. The molecule has 1 atom stereocenters. The van der Waals surface area contributed by atoms with Crippen LogP contribution in [0, 0.1) is 5.82 Å². The van der Waals surface area contributed by atoms with Crippen molar-refractivity contribution in [2.75, 3.05) is 13.2 Å². The van der Waals surface area contributed by atoms with Crippen LogP contribution >= 0.6 is 0 Å². The van der Waals surface area contributed by atoms with E-state index >= 15 is 0 Å². The Morgan fingerprint density at radius 2 is 1.60 bits per heavy atom. The van der Waals surface area contributed by atoms with Gasteiger partial charge in [-0.05, 0) is 116 Å². The van der Waals surface area contributed by atoms with Gasteiger partial charge in [-0.15, -0.1) is 0 Å². The molecule has 0 saturated carbocycles. The molecule has 0 spiro atoms. The first-order valence-corrected chi connectivity index (χ1v) is 15.2. The van der Waals surface area contributed by atoms with Gasteiger partial charge in [-0.3, -0.25) is 0 Å². The zero-order chi connectivity index (χ0) is 31.8. The number of hydrogen-bond donors (Lipinski definition) is 1. The van der Waals surface area contributed by atoms with Crippen LogP contribution in [0.3, 0.4) is 0 Å². The first-order chi connectivity index (χ1) is 21.7. The normalized spacial score (nSPS) is 14.6. The third kappa shape index (κ3) is 8.69. The minimum Gasteiger partial charge on any atom is -0.489 e. The predicted molar refractivity (Wildman–Crippen MR) is 164 cm³/mol. The van der Waals surface area contributed by atoms with Crippen molar-refractivity contribution in [1.82, 2.24) is 10.3 Å². The van der Waals surface area contributed by atoms with Gasteiger partial charge in [-0.2, -0.15) is 13.2 Å². The molecular weight excluding hydrogens is 584 g/mol. The van der Waals surface area contributed by atoms with E-state index in [0.29, 0.717) is 50.5 Å². The second kappa shape index (κ2) is 14.7. The van der Waals surface area contributed by atoms with Gasteiger partial charge in [-0.25, -0.2) is 14.2 Å². The van der Waals surface area contributed by atoms with Crippen LogP contribution in [0.4, 0.5) is 17.6 Å². The number of nitrogens with one attached hydrogen (secondary N) is 1. The molecule has 0 amide bonds. The van der Waals surface area contributed by atoms with E-state index in [2.05, 4.69) is 10.3 Å². The molecule has 0 fully saturated rings. The summed E-state index contributed by atoms with van der Waals surface area (Å²) in [5.41, 5.74) is 5.31. The number of rotatable bonds is 12. The van der Waals surface area contributed by atoms with Crippen LogP contribution < -0.4 is 10.1 Å². The SMILES string of the molecule is CCOC(=O)c1ccc2c(n1)CCCC2NCCc1cc(F)ccc1OCc1ccc(CCc2ccc(C(F)(F)F)cc2)cc1. The second-order valence-electron chi connectivity index (χ2n) is 11.2. The fourth-order valence-corrected chi connectivity index (χ4v) is 5.57. The van der Waals surface area contributed by atoms with E-state index in [1.807, 2.05) is 30.3 Å².